The highest BCUT2D eigenvalue weighted by Gasteiger charge is 2.23. The molecule has 0 radical (unpaired) electrons. The van der Waals surface area contributed by atoms with Crippen LogP contribution in [0.4, 0.5) is 5.69 Å². The highest BCUT2D eigenvalue weighted by molar-refractivity contribution is 6.01. The number of para-hydroxylation sites is 1. The van der Waals surface area contributed by atoms with Gasteiger partial charge in [0, 0.05) is 5.69 Å². The van der Waals surface area contributed by atoms with Gasteiger partial charge in [0.25, 0.3) is 5.91 Å². The fourth-order valence-corrected chi connectivity index (χ4v) is 2.87. The van der Waals surface area contributed by atoms with Crippen LogP contribution in [0.1, 0.15) is 22.1 Å². The molecule has 0 spiro atoms. The van der Waals surface area contributed by atoms with Gasteiger partial charge in [0.1, 0.15) is 6.17 Å². The molecule has 3 aromatic rings. The van der Waals surface area contributed by atoms with Crippen LogP contribution in [0.5, 0.6) is 0 Å². The van der Waals surface area contributed by atoms with Gasteiger partial charge in [-0.15, -0.1) is 0 Å². The maximum Gasteiger partial charge on any atom is 0.255 e. The molecule has 2 N–H and O–H groups in total. The predicted molar refractivity (Wildman–Crippen MR) is 92.1 cm³/mol. The summed E-state index contributed by atoms with van der Waals surface area (Å²) in [5.74, 6) is -0.0449. The zero-order valence-corrected chi connectivity index (χ0v) is 12.5. The van der Waals surface area contributed by atoms with Gasteiger partial charge in [-0.25, -0.2) is 0 Å². The monoisotopic (exact) mass is 300 g/mol. The third-order valence-corrected chi connectivity index (χ3v) is 4.10. The smallest absolute Gasteiger partial charge is 0.255 e. The fourth-order valence-electron chi connectivity index (χ4n) is 2.87. The van der Waals surface area contributed by atoms with Crippen LogP contribution in [0.3, 0.4) is 0 Å². The molecule has 3 heteroatoms. The summed E-state index contributed by atoms with van der Waals surface area (Å²) in [5.41, 5.74) is 4.94. The van der Waals surface area contributed by atoms with Gasteiger partial charge < -0.3 is 10.6 Å². The SMILES string of the molecule is O=C1N[C@H](c2ccc(-c3ccccc3)cc2)Nc2ccccc21. The first-order chi connectivity index (χ1) is 11.3. The summed E-state index contributed by atoms with van der Waals surface area (Å²) in [7, 11) is 0. The molecule has 0 aromatic heterocycles. The third kappa shape index (κ3) is 2.57. The number of fused-ring (bicyclic) bond motifs is 1. The molecule has 1 atom stereocenters. The summed E-state index contributed by atoms with van der Waals surface area (Å²) >= 11 is 0. The van der Waals surface area contributed by atoms with Gasteiger partial charge in [0.2, 0.25) is 0 Å². The number of carbonyl (C=O) groups is 1. The first-order valence-electron chi connectivity index (χ1n) is 7.63. The number of anilines is 1. The largest absolute Gasteiger partial charge is 0.361 e. The molecule has 4 rings (SSSR count). The van der Waals surface area contributed by atoms with Gasteiger partial charge in [0.05, 0.1) is 5.56 Å². The minimum atomic E-state index is -0.206. The quantitative estimate of drug-likeness (QED) is 0.744. The summed E-state index contributed by atoms with van der Waals surface area (Å²) in [6, 6.07) is 26.1. The third-order valence-electron chi connectivity index (χ3n) is 4.10. The van der Waals surface area contributed by atoms with Crippen molar-refractivity contribution in [3.63, 3.8) is 0 Å². The lowest BCUT2D eigenvalue weighted by Crippen LogP contribution is -2.38. The molecule has 0 aliphatic carbocycles. The van der Waals surface area contributed by atoms with Gasteiger partial charge in [0.15, 0.2) is 0 Å². The zero-order chi connectivity index (χ0) is 15.6. The van der Waals surface area contributed by atoms with E-state index in [1.54, 1.807) is 0 Å². The lowest BCUT2D eigenvalue weighted by Gasteiger charge is -2.28. The number of hydrogen-bond acceptors (Lipinski definition) is 2. The van der Waals surface area contributed by atoms with E-state index in [-0.39, 0.29) is 12.1 Å². The Labute approximate surface area is 135 Å². The molecule has 0 fully saturated rings. The molecule has 23 heavy (non-hydrogen) atoms. The molecule has 0 unspecified atom stereocenters. The Bertz CT molecular complexity index is 841. The standard InChI is InChI=1S/C20H16N2O/c23-20-17-8-4-5-9-18(17)21-19(22-20)16-12-10-15(11-13-16)14-6-2-1-3-7-14/h1-13,19,21H,(H,22,23)/t19-/m1/s1. The van der Waals surface area contributed by atoms with Crippen LogP contribution in [-0.2, 0) is 0 Å². The molecular formula is C20H16N2O. The highest BCUT2D eigenvalue weighted by atomic mass is 16.2. The van der Waals surface area contributed by atoms with E-state index in [4.69, 9.17) is 0 Å². The molecule has 1 aliphatic heterocycles. The molecule has 1 aliphatic rings. The number of nitrogens with one attached hydrogen (secondary N) is 2. The van der Waals surface area contributed by atoms with E-state index in [0.717, 1.165) is 16.8 Å². The van der Waals surface area contributed by atoms with Gasteiger partial charge in [-0.05, 0) is 28.8 Å². The van der Waals surface area contributed by atoms with Crippen molar-refractivity contribution in [1.29, 1.82) is 0 Å². The molecule has 0 saturated heterocycles. The van der Waals surface area contributed by atoms with E-state index in [1.807, 2.05) is 54.6 Å². The molecule has 3 nitrogen and oxygen atoms in total. The molecule has 0 saturated carbocycles. The number of carbonyl (C=O) groups excluding carboxylic acids is 1. The Morgan fingerprint density at radius 1 is 0.652 bits per heavy atom. The second kappa shape index (κ2) is 5.61. The molecule has 112 valence electrons. The summed E-state index contributed by atoms with van der Waals surface area (Å²) in [4.78, 5) is 12.2. The Kier molecular flexibility index (Phi) is 3.31. The summed E-state index contributed by atoms with van der Waals surface area (Å²) < 4.78 is 0. The van der Waals surface area contributed by atoms with Crippen molar-refractivity contribution in [2.24, 2.45) is 0 Å². The van der Waals surface area contributed by atoms with Crippen LogP contribution < -0.4 is 10.6 Å². The molecule has 3 aromatic carbocycles. The number of amides is 1. The van der Waals surface area contributed by atoms with E-state index in [2.05, 4.69) is 34.9 Å². The highest BCUT2D eigenvalue weighted by Crippen LogP contribution is 2.27. The minimum Gasteiger partial charge on any atom is -0.361 e. The van der Waals surface area contributed by atoms with Gasteiger partial charge in [-0.3, -0.25) is 4.79 Å². The van der Waals surface area contributed by atoms with E-state index < -0.39 is 0 Å². The van der Waals surface area contributed by atoms with Gasteiger partial charge in [-0.1, -0.05) is 66.7 Å². The van der Waals surface area contributed by atoms with E-state index in [1.165, 1.54) is 5.56 Å². The number of benzene rings is 3. The summed E-state index contributed by atoms with van der Waals surface area (Å²) in [5, 5.41) is 6.37. The molecule has 1 amide bonds. The van der Waals surface area contributed by atoms with Crippen molar-refractivity contribution in [1.82, 2.24) is 5.32 Å². The van der Waals surface area contributed by atoms with E-state index in [0.29, 0.717) is 5.56 Å². The van der Waals surface area contributed by atoms with Crippen molar-refractivity contribution in [3.8, 4) is 11.1 Å². The maximum atomic E-state index is 12.2. The van der Waals surface area contributed by atoms with E-state index >= 15 is 0 Å². The Morgan fingerprint density at radius 3 is 2.09 bits per heavy atom. The van der Waals surface area contributed by atoms with Crippen LogP contribution in [0.2, 0.25) is 0 Å². The second-order valence-electron chi connectivity index (χ2n) is 5.58. The lowest BCUT2D eigenvalue weighted by atomic mass is 10.0. The van der Waals surface area contributed by atoms with Crippen molar-refractivity contribution in [2.75, 3.05) is 5.32 Å². The summed E-state index contributed by atoms with van der Waals surface area (Å²) in [6.45, 7) is 0. The van der Waals surface area contributed by atoms with Crippen molar-refractivity contribution >= 4 is 11.6 Å². The van der Waals surface area contributed by atoms with Crippen molar-refractivity contribution in [3.05, 3.63) is 90.0 Å². The van der Waals surface area contributed by atoms with Crippen molar-refractivity contribution < 1.29 is 4.79 Å². The topological polar surface area (TPSA) is 41.1 Å². The number of rotatable bonds is 2. The first-order valence-corrected chi connectivity index (χ1v) is 7.63. The minimum absolute atomic E-state index is 0.0449. The summed E-state index contributed by atoms with van der Waals surface area (Å²) in [6.07, 6.45) is -0.206. The number of hydrogen-bond donors (Lipinski definition) is 2. The predicted octanol–water partition coefficient (Wildman–Crippen LogP) is 4.21. The average molecular weight is 300 g/mol. The second-order valence-corrected chi connectivity index (χ2v) is 5.58. The molecule has 1 heterocycles. The van der Waals surface area contributed by atoms with Gasteiger partial charge in [-0.2, -0.15) is 0 Å². The lowest BCUT2D eigenvalue weighted by molar-refractivity contribution is 0.0935. The normalized spacial score (nSPS) is 16.2. The fraction of sp³-hybridized carbons (Fsp3) is 0.0500. The molecule has 0 bridgehead atoms. The van der Waals surface area contributed by atoms with Crippen LogP contribution in [0.15, 0.2) is 78.9 Å². The Balaban J connectivity index is 1.61. The average Bonchev–Trinajstić information content (AvgIpc) is 2.63. The van der Waals surface area contributed by atoms with E-state index in [9.17, 15) is 4.79 Å². The van der Waals surface area contributed by atoms with Gasteiger partial charge >= 0.3 is 0 Å². The Hall–Kier alpha value is -3.07. The van der Waals surface area contributed by atoms with Crippen molar-refractivity contribution in [2.45, 2.75) is 6.17 Å². The Morgan fingerprint density at radius 2 is 1.30 bits per heavy atom. The zero-order valence-electron chi connectivity index (χ0n) is 12.5. The van der Waals surface area contributed by atoms with Crippen LogP contribution in [-0.4, -0.2) is 5.91 Å². The molecular weight excluding hydrogens is 284 g/mol. The van der Waals surface area contributed by atoms with Crippen LogP contribution in [0.25, 0.3) is 11.1 Å². The van der Waals surface area contributed by atoms with Crippen LogP contribution >= 0.6 is 0 Å². The first kappa shape index (κ1) is 13.6. The maximum absolute atomic E-state index is 12.2. The van der Waals surface area contributed by atoms with Crippen LogP contribution in [0, 0.1) is 0 Å².